The lowest BCUT2D eigenvalue weighted by Crippen LogP contribution is -2.31. The van der Waals surface area contributed by atoms with Crippen LogP contribution in [-0.2, 0) is 13.0 Å². The van der Waals surface area contributed by atoms with Crippen LogP contribution in [0.1, 0.15) is 41.8 Å². The van der Waals surface area contributed by atoms with Crippen LogP contribution in [0.5, 0.6) is 5.75 Å². The summed E-state index contributed by atoms with van der Waals surface area (Å²) in [5, 5.41) is 9.54. The molecular formula is C30H36N6OS. The third-order valence-corrected chi connectivity index (χ3v) is 8.94. The van der Waals surface area contributed by atoms with Gasteiger partial charge in [0, 0.05) is 48.9 Å². The molecule has 8 heteroatoms. The number of para-hydroxylation sites is 1. The first kappa shape index (κ1) is 25.1. The van der Waals surface area contributed by atoms with Crippen molar-refractivity contribution in [3.63, 3.8) is 0 Å². The highest BCUT2D eigenvalue weighted by molar-refractivity contribution is 7.15. The first-order valence-corrected chi connectivity index (χ1v) is 14.5. The normalized spacial score (nSPS) is 18.8. The number of thiazole rings is 1. The molecule has 2 aromatic carbocycles. The van der Waals surface area contributed by atoms with Crippen molar-refractivity contribution in [1.82, 2.24) is 20.3 Å². The van der Waals surface area contributed by atoms with Gasteiger partial charge in [-0.15, -0.1) is 11.3 Å². The molecule has 0 unspecified atom stereocenters. The summed E-state index contributed by atoms with van der Waals surface area (Å²) in [6.07, 6.45) is 5.70. The third kappa shape index (κ3) is 5.33. The topological polar surface area (TPSA) is 75.2 Å². The molecule has 0 atom stereocenters. The lowest BCUT2D eigenvalue weighted by molar-refractivity contribution is 0.324. The van der Waals surface area contributed by atoms with Crippen molar-refractivity contribution in [2.75, 3.05) is 37.5 Å². The molecule has 4 aromatic rings. The van der Waals surface area contributed by atoms with Gasteiger partial charge in [-0.1, -0.05) is 12.1 Å². The van der Waals surface area contributed by atoms with E-state index in [-0.39, 0.29) is 0 Å². The van der Waals surface area contributed by atoms with Gasteiger partial charge in [0.1, 0.15) is 16.6 Å². The van der Waals surface area contributed by atoms with Gasteiger partial charge in [-0.3, -0.25) is 0 Å². The predicted octanol–water partition coefficient (Wildman–Crippen LogP) is 5.82. The average Bonchev–Trinajstić information content (AvgIpc) is 3.55. The van der Waals surface area contributed by atoms with Crippen molar-refractivity contribution < 1.29 is 4.74 Å². The fourth-order valence-corrected chi connectivity index (χ4v) is 6.61. The van der Waals surface area contributed by atoms with E-state index < -0.39 is 0 Å². The lowest BCUT2D eigenvalue weighted by atomic mass is 9.86. The molecule has 1 fully saturated rings. The maximum absolute atomic E-state index is 5.65. The minimum atomic E-state index is 0.423. The quantitative estimate of drug-likeness (QED) is 0.298. The van der Waals surface area contributed by atoms with E-state index in [4.69, 9.17) is 19.7 Å². The first-order chi connectivity index (χ1) is 18.5. The van der Waals surface area contributed by atoms with E-state index in [2.05, 4.69) is 52.8 Å². The summed E-state index contributed by atoms with van der Waals surface area (Å²) in [5.41, 5.74) is 4.62. The Balaban J connectivity index is 1.00. The minimum absolute atomic E-state index is 0.423. The number of benzene rings is 2. The van der Waals surface area contributed by atoms with Crippen LogP contribution >= 0.6 is 11.3 Å². The largest absolute Gasteiger partial charge is 0.493 e. The van der Waals surface area contributed by atoms with Gasteiger partial charge in [-0.2, -0.15) is 4.98 Å². The number of hydrogen-bond acceptors (Lipinski definition) is 8. The first-order valence-electron chi connectivity index (χ1n) is 13.7. The molecule has 2 aliphatic rings. The van der Waals surface area contributed by atoms with Gasteiger partial charge >= 0.3 is 0 Å². The molecule has 2 N–H and O–H groups in total. The number of rotatable bonds is 8. The number of anilines is 2. The molecule has 1 saturated carbocycles. The summed E-state index contributed by atoms with van der Waals surface area (Å²) in [6.45, 7) is 4.85. The summed E-state index contributed by atoms with van der Waals surface area (Å²) in [4.78, 5) is 17.9. The van der Waals surface area contributed by atoms with Crippen LogP contribution in [0.25, 0.3) is 21.5 Å². The van der Waals surface area contributed by atoms with Crippen LogP contribution in [-0.4, -0.2) is 48.2 Å². The van der Waals surface area contributed by atoms with Crippen LogP contribution in [0.15, 0.2) is 42.5 Å². The summed E-state index contributed by atoms with van der Waals surface area (Å²) < 4.78 is 5.65. The molecule has 1 aliphatic heterocycles. The molecule has 0 bridgehead atoms. The van der Waals surface area contributed by atoms with Crippen molar-refractivity contribution in [3.05, 3.63) is 58.6 Å². The highest BCUT2D eigenvalue weighted by Gasteiger charge is 2.22. The number of nitrogens with one attached hydrogen (secondary N) is 2. The Morgan fingerprint density at radius 1 is 1.03 bits per heavy atom. The van der Waals surface area contributed by atoms with Crippen molar-refractivity contribution in [2.45, 2.75) is 51.6 Å². The number of ether oxygens (including phenoxy) is 1. The van der Waals surface area contributed by atoms with Crippen molar-refractivity contribution in [1.29, 1.82) is 0 Å². The van der Waals surface area contributed by atoms with Crippen LogP contribution in [0.4, 0.5) is 11.8 Å². The standard InChI is InChI=1S/C30H36N6OS/c1-19-27(38-29(32-19)22-10-13-26-21(16-22)14-15-37-26)18-31-17-20-8-11-23(12-9-20)33-30-34-25-7-5-4-6-24(25)28(35-30)36(2)3/h4-7,10,13,16,20,23,31H,8-9,11-12,14-15,17-18H2,1-3H3,(H,33,34,35)/t20-,23+. The molecule has 0 spiro atoms. The Labute approximate surface area is 228 Å². The average molecular weight is 529 g/mol. The van der Waals surface area contributed by atoms with Gasteiger partial charge in [0.25, 0.3) is 0 Å². The third-order valence-electron chi connectivity index (χ3n) is 7.73. The smallest absolute Gasteiger partial charge is 0.225 e. The second kappa shape index (κ2) is 10.9. The summed E-state index contributed by atoms with van der Waals surface area (Å²) >= 11 is 1.81. The maximum Gasteiger partial charge on any atom is 0.225 e. The second-order valence-electron chi connectivity index (χ2n) is 10.7. The maximum atomic E-state index is 5.65. The van der Waals surface area contributed by atoms with Gasteiger partial charge in [0.15, 0.2) is 0 Å². The van der Waals surface area contributed by atoms with Gasteiger partial charge in [-0.25, -0.2) is 9.97 Å². The Hall–Kier alpha value is -3.23. The van der Waals surface area contributed by atoms with Gasteiger partial charge in [-0.05, 0) is 81.0 Å². The second-order valence-corrected chi connectivity index (χ2v) is 11.8. The Kier molecular flexibility index (Phi) is 7.17. The molecule has 198 valence electrons. The van der Waals surface area contributed by atoms with Gasteiger partial charge in [0.2, 0.25) is 5.95 Å². The highest BCUT2D eigenvalue weighted by Crippen LogP contribution is 2.34. The van der Waals surface area contributed by atoms with Crippen molar-refractivity contribution in [2.24, 2.45) is 5.92 Å². The Bertz CT molecular complexity index is 1430. The molecule has 0 amide bonds. The fourth-order valence-electron chi connectivity index (χ4n) is 5.58. The van der Waals surface area contributed by atoms with Crippen molar-refractivity contribution >= 4 is 34.0 Å². The number of hydrogen-bond donors (Lipinski definition) is 2. The molecule has 2 aromatic heterocycles. The number of fused-ring (bicyclic) bond motifs is 2. The van der Waals surface area contributed by atoms with Crippen LogP contribution < -0.4 is 20.3 Å². The highest BCUT2D eigenvalue weighted by atomic mass is 32.1. The molecule has 0 saturated heterocycles. The molecule has 3 heterocycles. The number of aromatic nitrogens is 3. The lowest BCUT2D eigenvalue weighted by Gasteiger charge is -2.29. The summed E-state index contributed by atoms with van der Waals surface area (Å²) in [7, 11) is 4.07. The molecule has 0 radical (unpaired) electrons. The van der Waals surface area contributed by atoms with Crippen LogP contribution in [0, 0.1) is 12.8 Å². The van der Waals surface area contributed by atoms with Crippen LogP contribution in [0.2, 0.25) is 0 Å². The van der Waals surface area contributed by atoms with E-state index >= 15 is 0 Å². The van der Waals surface area contributed by atoms with E-state index in [0.29, 0.717) is 12.0 Å². The number of nitrogens with zero attached hydrogens (tertiary/aromatic N) is 4. The van der Waals surface area contributed by atoms with E-state index in [0.717, 1.165) is 78.1 Å². The fraction of sp³-hybridized carbons (Fsp3) is 0.433. The predicted molar refractivity (Wildman–Crippen MR) is 156 cm³/mol. The minimum Gasteiger partial charge on any atom is -0.493 e. The zero-order valence-electron chi connectivity index (χ0n) is 22.5. The zero-order valence-corrected chi connectivity index (χ0v) is 23.3. The summed E-state index contributed by atoms with van der Waals surface area (Å²) in [6, 6.07) is 15.1. The van der Waals surface area contributed by atoms with Crippen molar-refractivity contribution in [3.8, 4) is 16.3 Å². The zero-order chi connectivity index (χ0) is 26.1. The molecule has 7 nitrogen and oxygen atoms in total. The van der Waals surface area contributed by atoms with E-state index in [1.807, 2.05) is 37.6 Å². The monoisotopic (exact) mass is 528 g/mol. The van der Waals surface area contributed by atoms with Crippen LogP contribution in [0.3, 0.4) is 0 Å². The van der Waals surface area contributed by atoms with E-state index in [1.165, 1.54) is 28.8 Å². The van der Waals surface area contributed by atoms with E-state index in [9.17, 15) is 0 Å². The summed E-state index contributed by atoms with van der Waals surface area (Å²) in [5.74, 6) is 3.42. The van der Waals surface area contributed by atoms with E-state index in [1.54, 1.807) is 0 Å². The van der Waals surface area contributed by atoms with Gasteiger partial charge in [0.05, 0.1) is 17.8 Å². The molecule has 38 heavy (non-hydrogen) atoms. The van der Waals surface area contributed by atoms with Gasteiger partial charge < -0.3 is 20.3 Å². The Morgan fingerprint density at radius 3 is 2.71 bits per heavy atom. The number of aryl methyl sites for hydroxylation is 1. The molecule has 6 rings (SSSR count). The Morgan fingerprint density at radius 2 is 1.87 bits per heavy atom. The SMILES string of the molecule is Cc1nc(-c2ccc3c(c2)CCO3)sc1CNC[C@H]1CC[C@@H](Nc2nc(N(C)C)c3ccccc3n2)CC1. The molecular weight excluding hydrogens is 492 g/mol. The molecule has 1 aliphatic carbocycles.